The van der Waals surface area contributed by atoms with E-state index in [0.29, 0.717) is 5.92 Å². The van der Waals surface area contributed by atoms with Gasteiger partial charge in [-0.2, -0.15) is 0 Å². The first-order valence-electron chi connectivity index (χ1n) is 9.04. The van der Waals surface area contributed by atoms with Crippen LogP contribution >= 0.6 is 0 Å². The number of hydrogen-bond acceptors (Lipinski definition) is 2. The van der Waals surface area contributed by atoms with E-state index >= 15 is 0 Å². The van der Waals surface area contributed by atoms with Crippen LogP contribution in [0.5, 0.6) is 5.75 Å². The van der Waals surface area contributed by atoms with Crippen LogP contribution in [0.3, 0.4) is 0 Å². The molecule has 0 heterocycles. The Morgan fingerprint density at radius 2 is 1.76 bits per heavy atom. The van der Waals surface area contributed by atoms with Crippen LogP contribution in [0.25, 0.3) is 0 Å². The molecule has 0 saturated heterocycles. The Morgan fingerprint density at radius 1 is 1.08 bits per heavy atom. The minimum absolute atomic E-state index is 0.00169. The summed E-state index contributed by atoms with van der Waals surface area (Å²) in [6.07, 6.45) is 0.293. The van der Waals surface area contributed by atoms with Gasteiger partial charge in [0.25, 0.3) is 5.91 Å². The molecule has 0 aliphatic carbocycles. The number of amides is 1. The van der Waals surface area contributed by atoms with Crippen molar-refractivity contribution >= 4 is 5.91 Å². The molecule has 134 valence electrons. The number of aryl methyl sites for hydroxylation is 1. The summed E-state index contributed by atoms with van der Waals surface area (Å²) < 4.78 is 6.02. The number of hydrogen-bond donors (Lipinski definition) is 1. The minimum Gasteiger partial charge on any atom is -0.481 e. The number of carbonyl (C=O) groups is 1. The molecular weight excluding hydrogens is 310 g/mol. The molecule has 0 saturated carbocycles. The number of rotatable bonds is 7. The van der Waals surface area contributed by atoms with E-state index in [1.165, 1.54) is 0 Å². The molecule has 0 radical (unpaired) electrons. The standard InChI is InChI=1S/C22H29NO2/c1-6-20(18-10-8-7-9-11-18)23-22(24)17(5)25-21-14-16(4)12-13-19(21)15(2)3/h7-15,17,20H,6H2,1-5H3,(H,23,24)/t17-,20+/m0/s1. The van der Waals surface area contributed by atoms with Gasteiger partial charge in [-0.15, -0.1) is 0 Å². The average molecular weight is 339 g/mol. The molecular formula is C22H29NO2. The van der Waals surface area contributed by atoms with Crippen molar-refractivity contribution in [3.05, 3.63) is 65.2 Å². The summed E-state index contributed by atoms with van der Waals surface area (Å²) in [5.74, 6) is 1.05. The summed E-state index contributed by atoms with van der Waals surface area (Å²) in [7, 11) is 0. The third-order valence-corrected chi connectivity index (χ3v) is 4.39. The van der Waals surface area contributed by atoms with Crippen LogP contribution in [0.1, 0.15) is 62.8 Å². The summed E-state index contributed by atoms with van der Waals surface area (Å²) >= 11 is 0. The van der Waals surface area contributed by atoms with E-state index in [0.717, 1.165) is 28.9 Å². The second kappa shape index (κ2) is 8.70. The lowest BCUT2D eigenvalue weighted by Gasteiger charge is -2.22. The van der Waals surface area contributed by atoms with Gasteiger partial charge in [-0.05, 0) is 48.9 Å². The maximum Gasteiger partial charge on any atom is 0.261 e. The predicted molar refractivity (Wildman–Crippen MR) is 103 cm³/mol. The molecule has 0 unspecified atom stereocenters. The Bertz CT molecular complexity index is 694. The molecule has 2 rings (SSSR count). The molecule has 2 aromatic rings. The van der Waals surface area contributed by atoms with Crippen molar-refractivity contribution in [1.82, 2.24) is 5.32 Å². The largest absolute Gasteiger partial charge is 0.481 e. The van der Waals surface area contributed by atoms with Crippen molar-refractivity contribution in [2.75, 3.05) is 0 Å². The summed E-state index contributed by atoms with van der Waals surface area (Å²) in [6.45, 7) is 10.2. The van der Waals surface area contributed by atoms with Gasteiger partial charge in [0.1, 0.15) is 5.75 Å². The van der Waals surface area contributed by atoms with E-state index in [1.807, 2.05) is 43.3 Å². The fraction of sp³-hybridized carbons (Fsp3) is 0.409. The Morgan fingerprint density at radius 3 is 2.36 bits per heavy atom. The molecule has 1 amide bonds. The molecule has 1 N–H and O–H groups in total. The highest BCUT2D eigenvalue weighted by molar-refractivity contribution is 5.81. The molecule has 3 nitrogen and oxygen atoms in total. The number of nitrogens with one attached hydrogen (secondary N) is 1. The van der Waals surface area contributed by atoms with Crippen LogP contribution in [0.2, 0.25) is 0 Å². The van der Waals surface area contributed by atoms with Gasteiger partial charge in [-0.1, -0.05) is 63.2 Å². The van der Waals surface area contributed by atoms with E-state index < -0.39 is 6.10 Å². The lowest BCUT2D eigenvalue weighted by Crippen LogP contribution is -2.38. The van der Waals surface area contributed by atoms with E-state index in [4.69, 9.17) is 4.74 Å². The topological polar surface area (TPSA) is 38.3 Å². The smallest absolute Gasteiger partial charge is 0.261 e. The number of carbonyl (C=O) groups excluding carboxylic acids is 1. The Hall–Kier alpha value is -2.29. The second-order valence-electron chi connectivity index (χ2n) is 6.84. The molecule has 25 heavy (non-hydrogen) atoms. The summed E-state index contributed by atoms with van der Waals surface area (Å²) in [5.41, 5.74) is 3.37. The first-order valence-corrected chi connectivity index (χ1v) is 9.04. The highest BCUT2D eigenvalue weighted by atomic mass is 16.5. The molecule has 0 spiro atoms. The second-order valence-corrected chi connectivity index (χ2v) is 6.84. The SMILES string of the molecule is CC[C@@H](NC(=O)[C@H](C)Oc1cc(C)ccc1C(C)C)c1ccccc1. The van der Waals surface area contributed by atoms with Gasteiger partial charge < -0.3 is 10.1 Å². The zero-order chi connectivity index (χ0) is 18.4. The Kier molecular flexibility index (Phi) is 6.63. The average Bonchev–Trinajstić information content (AvgIpc) is 2.59. The monoisotopic (exact) mass is 339 g/mol. The quantitative estimate of drug-likeness (QED) is 0.757. The first kappa shape index (κ1) is 19.0. The number of benzene rings is 2. The molecule has 0 aromatic heterocycles. The van der Waals surface area contributed by atoms with Gasteiger partial charge >= 0.3 is 0 Å². The van der Waals surface area contributed by atoms with Gasteiger partial charge in [0.2, 0.25) is 0 Å². The Labute approximate surface area is 151 Å². The zero-order valence-electron chi connectivity index (χ0n) is 15.9. The van der Waals surface area contributed by atoms with Crippen LogP contribution in [0.15, 0.2) is 48.5 Å². The third kappa shape index (κ3) is 5.09. The summed E-state index contributed by atoms with van der Waals surface area (Å²) in [4.78, 5) is 12.6. The lowest BCUT2D eigenvalue weighted by molar-refractivity contribution is -0.128. The van der Waals surface area contributed by atoms with Crippen LogP contribution in [0, 0.1) is 6.92 Å². The van der Waals surface area contributed by atoms with Crippen LogP contribution in [-0.2, 0) is 4.79 Å². The van der Waals surface area contributed by atoms with Crippen molar-refractivity contribution in [3.8, 4) is 5.75 Å². The van der Waals surface area contributed by atoms with Gasteiger partial charge in [0, 0.05) is 0 Å². The molecule has 2 atom stereocenters. The van der Waals surface area contributed by atoms with Crippen LogP contribution in [-0.4, -0.2) is 12.0 Å². The molecule has 0 bridgehead atoms. The highest BCUT2D eigenvalue weighted by Crippen LogP contribution is 2.28. The highest BCUT2D eigenvalue weighted by Gasteiger charge is 2.20. The van der Waals surface area contributed by atoms with E-state index in [-0.39, 0.29) is 11.9 Å². The van der Waals surface area contributed by atoms with Crippen molar-refractivity contribution < 1.29 is 9.53 Å². The van der Waals surface area contributed by atoms with Gasteiger partial charge in [-0.3, -0.25) is 4.79 Å². The first-order chi connectivity index (χ1) is 11.9. The van der Waals surface area contributed by atoms with Crippen molar-refractivity contribution in [2.24, 2.45) is 0 Å². The lowest BCUT2D eigenvalue weighted by atomic mass is 10.0. The normalized spacial score (nSPS) is 13.4. The maximum atomic E-state index is 12.6. The third-order valence-electron chi connectivity index (χ3n) is 4.39. The van der Waals surface area contributed by atoms with Crippen molar-refractivity contribution in [2.45, 2.75) is 59.1 Å². The van der Waals surface area contributed by atoms with E-state index in [2.05, 4.69) is 38.2 Å². The van der Waals surface area contributed by atoms with Gasteiger partial charge in [-0.25, -0.2) is 0 Å². The van der Waals surface area contributed by atoms with E-state index in [9.17, 15) is 4.79 Å². The van der Waals surface area contributed by atoms with Gasteiger partial charge in [0.15, 0.2) is 6.10 Å². The maximum absolute atomic E-state index is 12.6. The summed E-state index contributed by atoms with van der Waals surface area (Å²) in [5, 5.41) is 3.10. The molecule has 3 heteroatoms. The van der Waals surface area contributed by atoms with E-state index in [1.54, 1.807) is 6.92 Å². The molecule has 0 aliphatic heterocycles. The predicted octanol–water partition coefficient (Wildman–Crippen LogP) is 5.15. The molecule has 2 aromatic carbocycles. The Balaban J connectivity index is 2.09. The minimum atomic E-state index is -0.544. The van der Waals surface area contributed by atoms with Crippen LogP contribution in [0.4, 0.5) is 0 Å². The molecule has 0 aliphatic rings. The fourth-order valence-electron chi connectivity index (χ4n) is 2.86. The molecule has 0 fully saturated rings. The zero-order valence-corrected chi connectivity index (χ0v) is 15.9. The van der Waals surface area contributed by atoms with Crippen molar-refractivity contribution in [3.63, 3.8) is 0 Å². The van der Waals surface area contributed by atoms with Crippen molar-refractivity contribution in [1.29, 1.82) is 0 Å². The fourth-order valence-corrected chi connectivity index (χ4v) is 2.86. The summed E-state index contributed by atoms with van der Waals surface area (Å²) in [6, 6.07) is 16.2. The van der Waals surface area contributed by atoms with Gasteiger partial charge in [0.05, 0.1) is 6.04 Å². The number of ether oxygens (including phenoxy) is 1. The van der Waals surface area contributed by atoms with Crippen LogP contribution < -0.4 is 10.1 Å².